The Labute approximate surface area is 205 Å². The van der Waals surface area contributed by atoms with Crippen LogP contribution in [0.25, 0.3) is 0 Å². The zero-order valence-corrected chi connectivity index (χ0v) is 20.4. The predicted octanol–water partition coefficient (Wildman–Crippen LogP) is 3.81. The summed E-state index contributed by atoms with van der Waals surface area (Å²) >= 11 is 0. The average Bonchev–Trinajstić information content (AvgIpc) is 2.85. The van der Waals surface area contributed by atoms with E-state index in [9.17, 15) is 24.5 Å². The van der Waals surface area contributed by atoms with Crippen molar-refractivity contribution in [3.63, 3.8) is 0 Å². The molecule has 2 atom stereocenters. The molecule has 3 aromatic carbocycles. The molecule has 0 aliphatic carbocycles. The van der Waals surface area contributed by atoms with Crippen molar-refractivity contribution < 1.29 is 24.5 Å². The Bertz CT molecular complexity index is 1160. The zero-order valence-electron chi connectivity index (χ0n) is 19.5. The maximum atomic E-state index is 13.6. The minimum absolute atomic E-state index is 0.0415. The van der Waals surface area contributed by atoms with Crippen molar-refractivity contribution in [1.82, 2.24) is 5.32 Å². The smallest absolute Gasteiger partial charge is 0.326 e. The third-order valence-corrected chi connectivity index (χ3v) is 8.08. The maximum Gasteiger partial charge on any atom is 0.326 e. The Kier molecular flexibility index (Phi) is 8.52. The fourth-order valence-corrected chi connectivity index (χ4v) is 5.75. The van der Waals surface area contributed by atoms with Crippen molar-refractivity contribution in [2.45, 2.75) is 31.2 Å². The van der Waals surface area contributed by atoms with Gasteiger partial charge in [0.2, 0.25) is 11.4 Å². The number of hydrogen-bond acceptors (Lipinski definition) is 5. The van der Waals surface area contributed by atoms with Gasteiger partial charge < -0.3 is 10.4 Å². The summed E-state index contributed by atoms with van der Waals surface area (Å²) in [5.41, 5.74) is 0.271. The molecule has 0 saturated carbocycles. The lowest BCUT2D eigenvalue weighted by Gasteiger charge is -2.31. The summed E-state index contributed by atoms with van der Waals surface area (Å²) in [5, 5.41) is 20.8. The van der Waals surface area contributed by atoms with E-state index in [-0.39, 0.29) is 18.3 Å². The highest BCUT2D eigenvalue weighted by atomic mass is 31.2. The summed E-state index contributed by atoms with van der Waals surface area (Å²) in [4.78, 5) is 47.6. The van der Waals surface area contributed by atoms with E-state index in [2.05, 4.69) is 5.32 Å². The number of carbonyl (C=O) groups excluding carboxylic acids is 1. The van der Waals surface area contributed by atoms with Crippen molar-refractivity contribution in [3.8, 4) is 0 Å². The van der Waals surface area contributed by atoms with E-state index in [1.54, 1.807) is 85.8 Å². The summed E-state index contributed by atoms with van der Waals surface area (Å²) in [6.07, 6.45) is -0.297. The summed E-state index contributed by atoms with van der Waals surface area (Å²) in [6.45, 7) is 1.55. The van der Waals surface area contributed by atoms with Crippen LogP contribution in [0, 0.1) is 5.41 Å². The second-order valence-electron chi connectivity index (χ2n) is 8.75. The molecule has 1 amide bonds. The van der Waals surface area contributed by atoms with Crippen molar-refractivity contribution in [3.05, 3.63) is 108 Å². The van der Waals surface area contributed by atoms with Gasteiger partial charge in [-0.1, -0.05) is 91.0 Å². The molecular weight excluding hydrogens is 463 g/mol. The van der Waals surface area contributed by atoms with Gasteiger partial charge >= 0.3 is 13.7 Å². The molecule has 182 valence electrons. The first-order valence-electron chi connectivity index (χ1n) is 11.2. The topological polar surface area (TPSA) is 131 Å². The SMILES string of the molecule is CC(C[P+](O)(O)C(=N)Cc1ccccc1)(C(=O)N[C@@H](Cc1ccccc1)C(=O)O)c1ccccc1. The Balaban J connectivity index is 1.87. The van der Waals surface area contributed by atoms with Gasteiger partial charge in [-0.3, -0.25) is 10.2 Å². The van der Waals surface area contributed by atoms with E-state index in [4.69, 9.17) is 5.41 Å². The molecule has 8 heteroatoms. The molecule has 3 rings (SSSR count). The number of rotatable bonds is 11. The van der Waals surface area contributed by atoms with E-state index in [0.717, 1.165) is 11.1 Å². The van der Waals surface area contributed by atoms with Crippen molar-refractivity contribution in [2.24, 2.45) is 0 Å². The van der Waals surface area contributed by atoms with Gasteiger partial charge in [-0.2, -0.15) is 0 Å². The van der Waals surface area contributed by atoms with Gasteiger partial charge in [0.05, 0.1) is 6.42 Å². The van der Waals surface area contributed by atoms with Gasteiger partial charge in [0.25, 0.3) is 0 Å². The Morgan fingerprint density at radius 3 is 1.89 bits per heavy atom. The number of carboxylic acid groups (broad SMARTS) is 1. The fraction of sp³-hybridized carbons (Fsp3) is 0.222. The van der Waals surface area contributed by atoms with Gasteiger partial charge in [0.1, 0.15) is 17.6 Å². The summed E-state index contributed by atoms with van der Waals surface area (Å²) in [7, 11) is -4.00. The summed E-state index contributed by atoms with van der Waals surface area (Å²) < 4.78 is 0. The normalized spacial score (nSPS) is 13.9. The van der Waals surface area contributed by atoms with Crippen LogP contribution in [0.1, 0.15) is 23.6 Å². The van der Waals surface area contributed by atoms with Gasteiger partial charge in [-0.25, -0.2) is 14.6 Å². The van der Waals surface area contributed by atoms with E-state index in [1.807, 2.05) is 12.1 Å². The number of hydrogen-bond donors (Lipinski definition) is 5. The summed E-state index contributed by atoms with van der Waals surface area (Å²) in [6, 6.07) is 25.4. The standard InChI is InChI=1S/C27H29N2O5P/c1-27(22-15-9-4-10-16-22,19-35(33,34)24(28)18-21-13-7-3-8-14-21)26(32)29-23(25(30)31)17-20-11-5-2-6-12-20/h2-16,23,28,33-34H,17-19H2,1H3,(H-,29,30,31,32)/p+1/t23-,27?/m0/s1. The number of aliphatic carboxylic acids is 1. The first-order chi connectivity index (χ1) is 16.6. The van der Waals surface area contributed by atoms with Crippen LogP contribution in [-0.4, -0.2) is 44.4 Å². The van der Waals surface area contributed by atoms with Crippen LogP contribution in [0.3, 0.4) is 0 Å². The van der Waals surface area contributed by atoms with E-state index in [1.165, 1.54) is 0 Å². The lowest BCUT2D eigenvalue weighted by atomic mass is 9.83. The van der Waals surface area contributed by atoms with Crippen LogP contribution < -0.4 is 5.32 Å². The second-order valence-corrected chi connectivity index (χ2v) is 11.1. The molecule has 3 aromatic rings. The third-order valence-electron chi connectivity index (χ3n) is 5.98. The zero-order chi connectivity index (χ0) is 25.5. The molecule has 35 heavy (non-hydrogen) atoms. The summed E-state index contributed by atoms with van der Waals surface area (Å²) in [5.74, 6) is -1.84. The molecule has 0 fully saturated rings. The van der Waals surface area contributed by atoms with Gasteiger partial charge in [-0.05, 0) is 23.6 Å². The van der Waals surface area contributed by atoms with E-state index >= 15 is 0 Å². The largest absolute Gasteiger partial charge is 0.480 e. The molecule has 0 saturated heterocycles. The van der Waals surface area contributed by atoms with Crippen LogP contribution in [-0.2, 0) is 27.8 Å². The number of amides is 1. The Hall–Kier alpha value is -3.38. The van der Waals surface area contributed by atoms with Crippen LogP contribution in [0.4, 0.5) is 0 Å². The minimum atomic E-state index is -4.00. The van der Waals surface area contributed by atoms with Crippen molar-refractivity contribution in [2.75, 3.05) is 6.16 Å². The highest BCUT2D eigenvalue weighted by molar-refractivity contribution is 7.81. The Morgan fingerprint density at radius 2 is 1.37 bits per heavy atom. The molecule has 0 aliphatic rings. The molecule has 0 spiro atoms. The van der Waals surface area contributed by atoms with E-state index in [0.29, 0.717) is 5.56 Å². The molecule has 0 aliphatic heterocycles. The molecule has 7 nitrogen and oxygen atoms in total. The van der Waals surface area contributed by atoms with Crippen LogP contribution in [0.2, 0.25) is 0 Å². The number of carbonyl (C=O) groups is 2. The quantitative estimate of drug-likeness (QED) is 0.205. The van der Waals surface area contributed by atoms with Crippen LogP contribution in [0.15, 0.2) is 91.0 Å². The number of nitrogens with one attached hydrogen (secondary N) is 2. The van der Waals surface area contributed by atoms with Crippen LogP contribution >= 0.6 is 7.72 Å². The molecule has 0 aromatic heterocycles. The molecule has 1 unspecified atom stereocenters. The van der Waals surface area contributed by atoms with Gasteiger partial charge in [0.15, 0.2) is 0 Å². The molecule has 0 heterocycles. The minimum Gasteiger partial charge on any atom is -0.480 e. The Morgan fingerprint density at radius 1 is 0.886 bits per heavy atom. The monoisotopic (exact) mass is 493 g/mol. The molecule has 5 N–H and O–H groups in total. The second kappa shape index (κ2) is 11.4. The highest BCUT2D eigenvalue weighted by Crippen LogP contribution is 2.56. The lowest BCUT2D eigenvalue weighted by Crippen LogP contribution is -2.52. The third kappa shape index (κ3) is 6.83. The van der Waals surface area contributed by atoms with Gasteiger partial charge in [0, 0.05) is 6.42 Å². The highest BCUT2D eigenvalue weighted by Gasteiger charge is 2.52. The fourth-order valence-electron chi connectivity index (χ4n) is 3.92. The molecule has 0 bridgehead atoms. The van der Waals surface area contributed by atoms with Crippen molar-refractivity contribution >= 4 is 25.0 Å². The maximum absolute atomic E-state index is 13.6. The number of carboxylic acids is 1. The first-order valence-corrected chi connectivity index (χ1v) is 13.1. The molecular formula is C27H30N2O5P+. The molecule has 0 radical (unpaired) electrons. The predicted molar refractivity (Wildman–Crippen MR) is 138 cm³/mol. The van der Waals surface area contributed by atoms with Crippen LogP contribution in [0.5, 0.6) is 0 Å². The first kappa shape index (κ1) is 26.2. The van der Waals surface area contributed by atoms with E-state index < -0.39 is 37.2 Å². The number of benzene rings is 3. The lowest BCUT2D eigenvalue weighted by molar-refractivity contribution is -0.142. The van der Waals surface area contributed by atoms with Gasteiger partial charge in [-0.15, -0.1) is 0 Å². The van der Waals surface area contributed by atoms with Crippen molar-refractivity contribution in [1.29, 1.82) is 5.41 Å². The average molecular weight is 494 g/mol.